The van der Waals surface area contributed by atoms with Gasteiger partial charge in [0.15, 0.2) is 11.6 Å². The lowest BCUT2D eigenvalue weighted by atomic mass is 10.2. The number of piperazine rings is 1. The second kappa shape index (κ2) is 8.91. The van der Waals surface area contributed by atoms with Crippen LogP contribution in [-0.2, 0) is 6.67 Å². The van der Waals surface area contributed by atoms with Gasteiger partial charge in [0.25, 0.3) is 0 Å². The number of nitrogens with zero attached hydrogens (tertiary/aromatic N) is 8. The number of carbonyl (C=O) groups is 1. The van der Waals surface area contributed by atoms with Crippen LogP contribution in [0.15, 0.2) is 36.8 Å². The highest BCUT2D eigenvalue weighted by molar-refractivity contribution is 5.87. The Balaban J connectivity index is 1.31. The number of aromatic nitrogens is 6. The van der Waals surface area contributed by atoms with Crippen molar-refractivity contribution in [1.29, 1.82) is 0 Å². The highest BCUT2D eigenvalue weighted by atomic mass is 16.2. The number of aryl methyl sites for hydroxylation is 1. The molecule has 0 spiro atoms. The van der Waals surface area contributed by atoms with Gasteiger partial charge in [-0.1, -0.05) is 5.21 Å². The quantitative estimate of drug-likeness (QED) is 0.626. The average molecular weight is 410 g/mol. The average Bonchev–Trinajstić information content (AvgIpc) is 3.41. The molecule has 2 N–H and O–H groups in total. The minimum Gasteiger partial charge on any atom is -0.367 e. The standard InChI is InChI=1S/C19H26N10O/c1-3-20-19(30)23-17-13-28(25-24-17)14-26-9-11-27(12-10-26)16-5-6-18(22-15(16)2)29-8-4-7-21-29/h4-8,13H,3,9-12,14H2,1-2H3,(H2,20,23,30). The zero-order valence-electron chi connectivity index (χ0n) is 17.2. The second-order valence-electron chi connectivity index (χ2n) is 7.10. The van der Waals surface area contributed by atoms with Gasteiger partial charge in [0.05, 0.1) is 24.2 Å². The van der Waals surface area contributed by atoms with Gasteiger partial charge in [0.2, 0.25) is 0 Å². The van der Waals surface area contributed by atoms with E-state index in [0.29, 0.717) is 19.0 Å². The maximum Gasteiger partial charge on any atom is 0.320 e. The third kappa shape index (κ3) is 4.57. The van der Waals surface area contributed by atoms with Crippen LogP contribution >= 0.6 is 0 Å². The molecule has 158 valence electrons. The van der Waals surface area contributed by atoms with Gasteiger partial charge in [-0.05, 0) is 32.0 Å². The minimum atomic E-state index is -0.277. The van der Waals surface area contributed by atoms with Gasteiger partial charge in [-0.25, -0.2) is 19.1 Å². The molecule has 0 atom stereocenters. The molecule has 1 saturated heterocycles. The van der Waals surface area contributed by atoms with E-state index in [1.165, 1.54) is 0 Å². The van der Waals surface area contributed by atoms with E-state index < -0.39 is 0 Å². The summed E-state index contributed by atoms with van der Waals surface area (Å²) >= 11 is 0. The summed E-state index contributed by atoms with van der Waals surface area (Å²) in [6.07, 6.45) is 5.38. The summed E-state index contributed by atoms with van der Waals surface area (Å²) in [6, 6.07) is 5.73. The molecule has 0 radical (unpaired) electrons. The van der Waals surface area contributed by atoms with Crippen molar-refractivity contribution in [2.45, 2.75) is 20.5 Å². The summed E-state index contributed by atoms with van der Waals surface area (Å²) in [6.45, 7) is 8.71. The molecule has 30 heavy (non-hydrogen) atoms. The number of carbonyl (C=O) groups excluding carboxylic acids is 1. The number of hydrogen-bond donors (Lipinski definition) is 2. The fourth-order valence-corrected chi connectivity index (χ4v) is 3.49. The van der Waals surface area contributed by atoms with Gasteiger partial charge < -0.3 is 10.2 Å². The maximum absolute atomic E-state index is 11.6. The van der Waals surface area contributed by atoms with Crippen molar-refractivity contribution in [1.82, 2.24) is 40.0 Å². The third-order valence-corrected chi connectivity index (χ3v) is 4.96. The molecule has 1 aliphatic rings. The Kier molecular flexibility index (Phi) is 5.89. The summed E-state index contributed by atoms with van der Waals surface area (Å²) < 4.78 is 3.50. The lowest BCUT2D eigenvalue weighted by Crippen LogP contribution is -2.47. The summed E-state index contributed by atoms with van der Waals surface area (Å²) in [7, 11) is 0. The van der Waals surface area contributed by atoms with Crippen LogP contribution in [0, 0.1) is 6.92 Å². The van der Waals surface area contributed by atoms with Crippen molar-refractivity contribution in [3.05, 3.63) is 42.5 Å². The largest absolute Gasteiger partial charge is 0.367 e. The highest BCUT2D eigenvalue weighted by Crippen LogP contribution is 2.21. The van der Waals surface area contributed by atoms with Crippen molar-refractivity contribution in [3.63, 3.8) is 0 Å². The number of hydrogen-bond acceptors (Lipinski definition) is 7. The lowest BCUT2D eigenvalue weighted by Gasteiger charge is -2.36. The van der Waals surface area contributed by atoms with Crippen LogP contribution in [0.3, 0.4) is 0 Å². The van der Waals surface area contributed by atoms with Crippen LogP contribution in [0.4, 0.5) is 16.3 Å². The van der Waals surface area contributed by atoms with Gasteiger partial charge in [-0.3, -0.25) is 10.2 Å². The van der Waals surface area contributed by atoms with Crippen molar-refractivity contribution < 1.29 is 4.79 Å². The Bertz CT molecular complexity index is 975. The molecule has 0 unspecified atom stereocenters. The molecular weight excluding hydrogens is 384 g/mol. The normalized spacial score (nSPS) is 14.7. The highest BCUT2D eigenvalue weighted by Gasteiger charge is 2.20. The van der Waals surface area contributed by atoms with Crippen molar-refractivity contribution in [2.24, 2.45) is 0 Å². The first-order valence-corrected chi connectivity index (χ1v) is 10.0. The summed E-state index contributed by atoms with van der Waals surface area (Å²) in [4.78, 5) is 20.9. The molecular formula is C19H26N10O. The molecule has 3 aromatic rings. The van der Waals surface area contributed by atoms with E-state index in [0.717, 1.165) is 43.4 Å². The smallest absolute Gasteiger partial charge is 0.320 e. The van der Waals surface area contributed by atoms with E-state index in [4.69, 9.17) is 4.98 Å². The predicted octanol–water partition coefficient (Wildman–Crippen LogP) is 1.09. The minimum absolute atomic E-state index is 0.277. The number of rotatable bonds is 6. The molecule has 0 aromatic carbocycles. The molecule has 1 aliphatic heterocycles. The number of pyridine rings is 1. The van der Waals surface area contributed by atoms with Gasteiger partial charge in [-0.2, -0.15) is 5.10 Å². The lowest BCUT2D eigenvalue weighted by molar-refractivity contribution is 0.194. The molecule has 3 aromatic heterocycles. The zero-order chi connectivity index (χ0) is 20.9. The molecule has 0 saturated carbocycles. The first kappa shape index (κ1) is 19.8. The van der Waals surface area contributed by atoms with Gasteiger partial charge in [0.1, 0.15) is 0 Å². The molecule has 4 rings (SSSR count). The van der Waals surface area contributed by atoms with E-state index in [2.05, 4.69) is 41.9 Å². The number of anilines is 2. The first-order valence-electron chi connectivity index (χ1n) is 10.0. The summed E-state index contributed by atoms with van der Waals surface area (Å²) in [5.74, 6) is 1.27. The topological polar surface area (TPSA) is 109 Å². The molecule has 11 nitrogen and oxygen atoms in total. The Morgan fingerprint density at radius 1 is 1.20 bits per heavy atom. The van der Waals surface area contributed by atoms with Crippen LogP contribution < -0.4 is 15.5 Å². The van der Waals surface area contributed by atoms with Crippen molar-refractivity contribution >= 4 is 17.5 Å². The van der Waals surface area contributed by atoms with Crippen molar-refractivity contribution in [3.8, 4) is 5.82 Å². The monoisotopic (exact) mass is 410 g/mol. The van der Waals surface area contributed by atoms with Crippen LogP contribution in [0.2, 0.25) is 0 Å². The SMILES string of the molecule is CCNC(=O)Nc1cn(CN2CCN(c3ccc(-n4cccn4)nc3C)CC2)nn1. The van der Waals surface area contributed by atoms with Crippen LogP contribution in [-0.4, -0.2) is 73.4 Å². The van der Waals surface area contributed by atoms with E-state index >= 15 is 0 Å². The molecule has 2 amide bonds. The van der Waals surface area contributed by atoms with E-state index in [1.807, 2.05) is 32.2 Å². The van der Waals surface area contributed by atoms with Crippen LogP contribution in [0.5, 0.6) is 0 Å². The number of urea groups is 1. The fraction of sp³-hybridized carbons (Fsp3) is 0.421. The molecule has 4 heterocycles. The summed E-state index contributed by atoms with van der Waals surface area (Å²) in [5, 5.41) is 17.7. The zero-order valence-corrected chi connectivity index (χ0v) is 17.2. The molecule has 11 heteroatoms. The van der Waals surface area contributed by atoms with Crippen LogP contribution in [0.25, 0.3) is 5.82 Å². The van der Waals surface area contributed by atoms with Gasteiger partial charge in [-0.15, -0.1) is 5.10 Å². The Hall–Kier alpha value is -3.47. The number of nitrogens with one attached hydrogen (secondary N) is 2. The molecule has 0 bridgehead atoms. The van der Waals surface area contributed by atoms with Crippen LogP contribution in [0.1, 0.15) is 12.6 Å². The maximum atomic E-state index is 11.6. The molecule has 1 fully saturated rings. The van der Waals surface area contributed by atoms with E-state index in [9.17, 15) is 4.79 Å². The Labute approximate surface area is 174 Å². The first-order chi connectivity index (χ1) is 14.6. The second-order valence-corrected chi connectivity index (χ2v) is 7.10. The third-order valence-electron chi connectivity index (χ3n) is 4.96. The predicted molar refractivity (Wildman–Crippen MR) is 113 cm³/mol. The fourth-order valence-electron chi connectivity index (χ4n) is 3.49. The van der Waals surface area contributed by atoms with E-state index in [1.54, 1.807) is 21.8 Å². The number of amides is 2. The molecule has 0 aliphatic carbocycles. The van der Waals surface area contributed by atoms with E-state index in [-0.39, 0.29) is 6.03 Å². The summed E-state index contributed by atoms with van der Waals surface area (Å²) in [5.41, 5.74) is 2.15. The van der Waals surface area contributed by atoms with Gasteiger partial charge >= 0.3 is 6.03 Å². The Morgan fingerprint density at radius 3 is 2.73 bits per heavy atom. The van der Waals surface area contributed by atoms with Gasteiger partial charge in [0, 0.05) is 45.1 Å². The Morgan fingerprint density at radius 2 is 2.03 bits per heavy atom. The van der Waals surface area contributed by atoms with Crippen molar-refractivity contribution in [2.75, 3.05) is 42.9 Å².